The van der Waals surface area contributed by atoms with Gasteiger partial charge >= 0.3 is 0 Å². The topological polar surface area (TPSA) is 12.0 Å². The van der Waals surface area contributed by atoms with Crippen molar-refractivity contribution in [3.63, 3.8) is 0 Å². The molecule has 0 amide bonds. The van der Waals surface area contributed by atoms with E-state index in [1.54, 1.807) is 0 Å². The fourth-order valence-corrected chi connectivity index (χ4v) is 3.34. The highest BCUT2D eigenvalue weighted by Gasteiger charge is 2.14. The Morgan fingerprint density at radius 2 is 2.08 bits per heavy atom. The van der Waals surface area contributed by atoms with Gasteiger partial charge in [-0.25, -0.2) is 0 Å². The van der Waals surface area contributed by atoms with Gasteiger partial charge in [0.05, 0.1) is 0 Å². The highest BCUT2D eigenvalue weighted by molar-refractivity contribution is 7.99. The fraction of sp³-hybridized carbons (Fsp3) is 1.00. The smallest absolute Gasteiger partial charge is 0.00183 e. The largest absolute Gasteiger partial charge is 0.319 e. The molecule has 1 nitrogen and oxygen atoms in total. The number of nitrogens with one attached hydrogen (secondary N) is 1. The van der Waals surface area contributed by atoms with Crippen molar-refractivity contribution in [2.45, 2.75) is 32.6 Å². The second kappa shape index (κ2) is 6.72. The van der Waals surface area contributed by atoms with Crippen LogP contribution in [0.4, 0.5) is 0 Å². The van der Waals surface area contributed by atoms with Crippen molar-refractivity contribution in [3.8, 4) is 0 Å². The minimum absolute atomic E-state index is 0.830. The predicted octanol–water partition coefficient (Wildman–Crippen LogP) is 2.77. The first kappa shape index (κ1) is 11.4. The van der Waals surface area contributed by atoms with E-state index in [-0.39, 0.29) is 0 Å². The van der Waals surface area contributed by atoms with Gasteiger partial charge in [0.15, 0.2) is 0 Å². The van der Waals surface area contributed by atoms with E-state index >= 15 is 0 Å². The molecule has 1 atom stereocenters. The van der Waals surface area contributed by atoms with Crippen LogP contribution in [-0.2, 0) is 0 Å². The molecule has 2 heteroatoms. The lowest BCUT2D eigenvalue weighted by Gasteiger charge is -2.12. The first-order chi connectivity index (χ1) is 6.33. The van der Waals surface area contributed by atoms with Gasteiger partial charge in [0.1, 0.15) is 0 Å². The van der Waals surface area contributed by atoms with E-state index in [9.17, 15) is 0 Å². The Kier molecular flexibility index (Phi) is 5.88. The minimum atomic E-state index is 0.830. The molecular formula is C11H23NS. The number of hydrogen-bond acceptors (Lipinski definition) is 2. The molecule has 0 bridgehead atoms. The second-order valence-electron chi connectivity index (χ2n) is 4.35. The maximum absolute atomic E-state index is 3.23. The van der Waals surface area contributed by atoms with Gasteiger partial charge in [0, 0.05) is 0 Å². The molecule has 1 unspecified atom stereocenters. The van der Waals surface area contributed by atoms with Gasteiger partial charge in [-0.15, -0.1) is 0 Å². The van der Waals surface area contributed by atoms with Crippen LogP contribution in [0.3, 0.4) is 0 Å². The monoisotopic (exact) mass is 201 g/mol. The van der Waals surface area contributed by atoms with Crippen LogP contribution < -0.4 is 5.32 Å². The summed E-state index contributed by atoms with van der Waals surface area (Å²) in [7, 11) is 2.04. The molecule has 1 N–H and O–H groups in total. The van der Waals surface area contributed by atoms with E-state index in [0.717, 1.165) is 18.4 Å². The molecule has 1 fully saturated rings. The lowest BCUT2D eigenvalue weighted by atomic mass is 10.1. The van der Waals surface area contributed by atoms with Crippen LogP contribution >= 0.6 is 11.8 Å². The van der Waals surface area contributed by atoms with Crippen molar-refractivity contribution in [2.75, 3.05) is 25.1 Å². The van der Waals surface area contributed by atoms with Gasteiger partial charge in [-0.1, -0.05) is 19.8 Å². The van der Waals surface area contributed by atoms with Gasteiger partial charge in [0.2, 0.25) is 0 Å². The molecule has 0 radical (unpaired) electrons. The van der Waals surface area contributed by atoms with E-state index in [4.69, 9.17) is 0 Å². The van der Waals surface area contributed by atoms with Crippen LogP contribution in [0.15, 0.2) is 0 Å². The first-order valence-electron chi connectivity index (χ1n) is 5.55. The predicted molar refractivity (Wildman–Crippen MR) is 62.4 cm³/mol. The summed E-state index contributed by atoms with van der Waals surface area (Å²) in [6.45, 7) is 3.50. The molecule has 0 heterocycles. The lowest BCUT2D eigenvalue weighted by molar-refractivity contribution is 0.596. The number of rotatable bonds is 6. The van der Waals surface area contributed by atoms with Crippen LogP contribution in [0.2, 0.25) is 0 Å². The third-order valence-electron chi connectivity index (χ3n) is 2.78. The minimum Gasteiger partial charge on any atom is -0.319 e. The zero-order chi connectivity index (χ0) is 9.52. The number of hydrogen-bond donors (Lipinski definition) is 1. The zero-order valence-electron chi connectivity index (χ0n) is 9.01. The Hall–Kier alpha value is 0.310. The number of thioether (sulfide) groups is 1. The summed E-state index contributed by atoms with van der Waals surface area (Å²) >= 11 is 2.16. The average molecular weight is 201 g/mol. The molecule has 0 aliphatic heterocycles. The summed E-state index contributed by atoms with van der Waals surface area (Å²) < 4.78 is 0. The first-order valence-corrected chi connectivity index (χ1v) is 6.70. The van der Waals surface area contributed by atoms with Crippen molar-refractivity contribution < 1.29 is 0 Å². The summed E-state index contributed by atoms with van der Waals surface area (Å²) in [4.78, 5) is 0. The van der Waals surface area contributed by atoms with E-state index in [2.05, 4.69) is 24.0 Å². The Balaban J connectivity index is 1.93. The van der Waals surface area contributed by atoms with Gasteiger partial charge in [0.25, 0.3) is 0 Å². The molecule has 0 spiro atoms. The van der Waals surface area contributed by atoms with Crippen molar-refractivity contribution in [2.24, 2.45) is 11.8 Å². The fourth-order valence-electron chi connectivity index (χ4n) is 2.02. The molecule has 1 saturated carbocycles. The maximum atomic E-state index is 3.23. The Labute approximate surface area is 87.1 Å². The van der Waals surface area contributed by atoms with Crippen molar-refractivity contribution in [1.82, 2.24) is 5.32 Å². The Bertz CT molecular complexity index is 121. The molecular weight excluding hydrogens is 178 g/mol. The summed E-state index contributed by atoms with van der Waals surface area (Å²) in [5.41, 5.74) is 0. The maximum Gasteiger partial charge on any atom is -0.00183 e. The summed E-state index contributed by atoms with van der Waals surface area (Å²) in [6, 6.07) is 0. The third-order valence-corrected chi connectivity index (χ3v) is 4.30. The van der Waals surface area contributed by atoms with E-state index in [1.165, 1.54) is 37.2 Å². The third kappa shape index (κ3) is 4.92. The summed E-state index contributed by atoms with van der Waals surface area (Å²) in [5.74, 6) is 4.62. The van der Waals surface area contributed by atoms with Crippen molar-refractivity contribution in [1.29, 1.82) is 0 Å². The summed E-state index contributed by atoms with van der Waals surface area (Å²) in [6.07, 6.45) is 5.95. The van der Waals surface area contributed by atoms with Gasteiger partial charge in [-0.3, -0.25) is 0 Å². The summed E-state index contributed by atoms with van der Waals surface area (Å²) in [5, 5.41) is 3.23. The standard InChI is InChI=1S/C11H23NS/c1-10(7-12-2)8-13-9-11-5-3-4-6-11/h10-12H,3-9H2,1-2H3. The van der Waals surface area contributed by atoms with E-state index in [0.29, 0.717) is 0 Å². The van der Waals surface area contributed by atoms with Gasteiger partial charge < -0.3 is 5.32 Å². The van der Waals surface area contributed by atoms with Gasteiger partial charge in [-0.05, 0) is 49.8 Å². The van der Waals surface area contributed by atoms with Crippen molar-refractivity contribution in [3.05, 3.63) is 0 Å². The quantitative estimate of drug-likeness (QED) is 0.709. The van der Waals surface area contributed by atoms with Crippen LogP contribution in [0.1, 0.15) is 32.6 Å². The molecule has 1 aliphatic rings. The molecule has 13 heavy (non-hydrogen) atoms. The molecule has 78 valence electrons. The zero-order valence-corrected chi connectivity index (χ0v) is 9.83. The highest BCUT2D eigenvalue weighted by atomic mass is 32.2. The Morgan fingerprint density at radius 3 is 2.69 bits per heavy atom. The molecule has 1 rings (SSSR count). The van der Waals surface area contributed by atoms with Crippen LogP contribution in [0.25, 0.3) is 0 Å². The van der Waals surface area contributed by atoms with Crippen LogP contribution in [-0.4, -0.2) is 25.1 Å². The normalized spacial score (nSPS) is 20.8. The molecule has 0 aromatic carbocycles. The molecule has 0 saturated heterocycles. The van der Waals surface area contributed by atoms with Crippen molar-refractivity contribution >= 4 is 11.8 Å². The average Bonchev–Trinajstić information content (AvgIpc) is 2.57. The second-order valence-corrected chi connectivity index (χ2v) is 5.43. The van der Waals surface area contributed by atoms with E-state index in [1.807, 2.05) is 7.05 Å². The SMILES string of the molecule is CNCC(C)CSCC1CCCC1. The lowest BCUT2D eigenvalue weighted by Crippen LogP contribution is -2.18. The van der Waals surface area contributed by atoms with Crippen LogP contribution in [0, 0.1) is 11.8 Å². The van der Waals surface area contributed by atoms with E-state index < -0.39 is 0 Å². The Morgan fingerprint density at radius 1 is 1.38 bits per heavy atom. The highest BCUT2D eigenvalue weighted by Crippen LogP contribution is 2.28. The van der Waals surface area contributed by atoms with Gasteiger partial charge in [-0.2, -0.15) is 11.8 Å². The molecule has 1 aliphatic carbocycles. The van der Waals surface area contributed by atoms with Crippen LogP contribution in [0.5, 0.6) is 0 Å². The molecule has 0 aromatic rings. The molecule has 0 aromatic heterocycles.